The van der Waals surface area contributed by atoms with Crippen molar-refractivity contribution < 1.29 is 22.7 Å². The lowest BCUT2D eigenvalue weighted by molar-refractivity contribution is -0.140. The maximum absolute atomic E-state index is 14.1. The van der Waals surface area contributed by atoms with Gasteiger partial charge < -0.3 is 15.0 Å². The number of rotatable bonds is 11. The van der Waals surface area contributed by atoms with Gasteiger partial charge in [0.2, 0.25) is 11.8 Å². The molecule has 3 rings (SSSR count). The second kappa shape index (κ2) is 13.0. The lowest BCUT2D eigenvalue weighted by Crippen LogP contribution is -2.54. The highest BCUT2D eigenvalue weighted by atomic mass is 32.2. The highest BCUT2D eigenvalue weighted by molar-refractivity contribution is 7.92. The topological polar surface area (TPSA) is 96.0 Å². The minimum absolute atomic E-state index is 0.0397. The third-order valence-corrected chi connectivity index (χ3v) is 7.92. The number of amides is 2. The number of carbonyl (C=O) groups is 2. The van der Waals surface area contributed by atoms with Crippen LogP contribution in [0.1, 0.15) is 45.7 Å². The summed E-state index contributed by atoms with van der Waals surface area (Å²) < 4.78 is 34.7. The van der Waals surface area contributed by atoms with Gasteiger partial charge in [-0.1, -0.05) is 60.2 Å². The summed E-state index contributed by atoms with van der Waals surface area (Å²) in [4.78, 5) is 28.8. The predicted octanol–water partition coefficient (Wildman–Crippen LogP) is 4.92. The summed E-state index contributed by atoms with van der Waals surface area (Å²) in [5.74, 6) is -0.523. The van der Waals surface area contributed by atoms with Crippen LogP contribution in [0, 0.1) is 6.92 Å². The van der Waals surface area contributed by atoms with Crippen LogP contribution in [0.3, 0.4) is 0 Å². The Morgan fingerprint density at radius 1 is 0.950 bits per heavy atom. The van der Waals surface area contributed by atoms with Gasteiger partial charge in [-0.2, -0.15) is 0 Å². The standard InChI is InChI=1S/C31H39N3O5S/c1-7-39-28-19-12-11-18-27(28)34(40(37,38)26-16-9-8-10-17-26)22-29(35)33(21-25-15-13-14-23(2)20-25)24(3)30(36)32-31(4,5)6/h8-20,24H,7,21-22H2,1-6H3,(H,32,36)/t24-/m1/s1. The van der Waals surface area contributed by atoms with Crippen molar-refractivity contribution in [2.75, 3.05) is 17.5 Å². The third kappa shape index (κ3) is 7.85. The molecule has 0 radical (unpaired) electrons. The van der Waals surface area contributed by atoms with Crippen molar-refractivity contribution in [2.45, 2.75) is 64.6 Å². The van der Waals surface area contributed by atoms with Gasteiger partial charge in [-0.05, 0) is 71.4 Å². The molecule has 0 aromatic heterocycles. The molecule has 0 aliphatic rings. The van der Waals surface area contributed by atoms with Crippen molar-refractivity contribution in [3.05, 3.63) is 90.0 Å². The Labute approximate surface area is 238 Å². The number of hydrogen-bond donors (Lipinski definition) is 1. The monoisotopic (exact) mass is 565 g/mol. The molecule has 1 N–H and O–H groups in total. The van der Waals surface area contributed by atoms with Crippen molar-refractivity contribution in [3.63, 3.8) is 0 Å². The first-order valence-electron chi connectivity index (χ1n) is 13.3. The van der Waals surface area contributed by atoms with Gasteiger partial charge in [-0.15, -0.1) is 0 Å². The zero-order valence-electron chi connectivity index (χ0n) is 24.0. The molecule has 0 aliphatic carbocycles. The zero-order chi connectivity index (χ0) is 29.5. The molecule has 1 atom stereocenters. The van der Waals surface area contributed by atoms with Crippen LogP contribution in [0.4, 0.5) is 5.69 Å². The first-order valence-corrected chi connectivity index (χ1v) is 14.7. The number of nitrogens with zero attached hydrogens (tertiary/aromatic N) is 2. The van der Waals surface area contributed by atoms with E-state index in [1.807, 2.05) is 52.0 Å². The number of sulfonamides is 1. The molecule has 0 spiro atoms. The zero-order valence-corrected chi connectivity index (χ0v) is 24.9. The van der Waals surface area contributed by atoms with Crippen LogP contribution in [0.15, 0.2) is 83.8 Å². The molecule has 3 aromatic carbocycles. The molecular weight excluding hydrogens is 526 g/mol. The number of nitrogens with one attached hydrogen (secondary N) is 1. The summed E-state index contributed by atoms with van der Waals surface area (Å²) in [5, 5.41) is 2.93. The van der Waals surface area contributed by atoms with Crippen LogP contribution in [0.5, 0.6) is 5.75 Å². The Balaban J connectivity index is 2.08. The van der Waals surface area contributed by atoms with Gasteiger partial charge in [0.05, 0.1) is 17.2 Å². The smallest absolute Gasteiger partial charge is 0.264 e. The van der Waals surface area contributed by atoms with Gasteiger partial charge in [0.1, 0.15) is 18.3 Å². The van der Waals surface area contributed by atoms with E-state index in [0.717, 1.165) is 15.4 Å². The van der Waals surface area contributed by atoms with Crippen LogP contribution >= 0.6 is 0 Å². The van der Waals surface area contributed by atoms with E-state index >= 15 is 0 Å². The lowest BCUT2D eigenvalue weighted by Gasteiger charge is -2.33. The van der Waals surface area contributed by atoms with Gasteiger partial charge in [0, 0.05) is 12.1 Å². The molecule has 3 aromatic rings. The average molecular weight is 566 g/mol. The van der Waals surface area contributed by atoms with Gasteiger partial charge >= 0.3 is 0 Å². The van der Waals surface area contributed by atoms with Crippen LogP contribution in [-0.2, 0) is 26.2 Å². The molecule has 0 saturated carbocycles. The molecule has 0 bridgehead atoms. The van der Waals surface area contributed by atoms with E-state index in [-0.39, 0.29) is 23.0 Å². The molecule has 0 unspecified atom stereocenters. The van der Waals surface area contributed by atoms with Gasteiger partial charge in [0.15, 0.2) is 0 Å². The molecule has 214 valence electrons. The minimum atomic E-state index is -4.17. The fraction of sp³-hybridized carbons (Fsp3) is 0.355. The predicted molar refractivity (Wildman–Crippen MR) is 158 cm³/mol. The lowest BCUT2D eigenvalue weighted by atomic mass is 10.1. The van der Waals surface area contributed by atoms with E-state index in [1.165, 1.54) is 17.0 Å². The minimum Gasteiger partial charge on any atom is -0.492 e. The van der Waals surface area contributed by atoms with Crippen molar-refractivity contribution in [1.82, 2.24) is 10.2 Å². The fourth-order valence-electron chi connectivity index (χ4n) is 4.24. The summed E-state index contributed by atoms with van der Waals surface area (Å²) in [5.41, 5.74) is 1.57. The number of para-hydroxylation sites is 2. The van der Waals surface area contributed by atoms with E-state index in [1.54, 1.807) is 56.3 Å². The summed E-state index contributed by atoms with van der Waals surface area (Å²) >= 11 is 0. The Bertz CT molecular complexity index is 1420. The van der Waals surface area contributed by atoms with Crippen LogP contribution in [0.25, 0.3) is 0 Å². The van der Waals surface area contributed by atoms with Crippen molar-refractivity contribution in [2.24, 2.45) is 0 Å². The second-order valence-corrected chi connectivity index (χ2v) is 12.5. The normalized spacial score (nSPS) is 12.3. The van der Waals surface area contributed by atoms with Crippen LogP contribution in [0.2, 0.25) is 0 Å². The molecule has 9 heteroatoms. The summed E-state index contributed by atoms with van der Waals surface area (Å²) in [6, 6.07) is 21.5. The van der Waals surface area contributed by atoms with E-state index in [4.69, 9.17) is 4.74 Å². The number of aryl methyl sites for hydroxylation is 1. The Morgan fingerprint density at radius 3 is 2.23 bits per heavy atom. The average Bonchev–Trinajstić information content (AvgIpc) is 2.90. The molecule has 2 amide bonds. The van der Waals surface area contributed by atoms with Gasteiger partial charge in [-0.3, -0.25) is 13.9 Å². The number of hydrogen-bond acceptors (Lipinski definition) is 5. The number of ether oxygens (including phenoxy) is 1. The molecule has 0 saturated heterocycles. The Kier molecular flexibility index (Phi) is 9.98. The largest absolute Gasteiger partial charge is 0.492 e. The fourth-order valence-corrected chi connectivity index (χ4v) is 5.68. The Morgan fingerprint density at radius 2 is 1.60 bits per heavy atom. The molecule has 0 aliphatic heterocycles. The molecule has 0 heterocycles. The van der Waals surface area contributed by atoms with Crippen molar-refractivity contribution in [1.29, 1.82) is 0 Å². The quantitative estimate of drug-likeness (QED) is 0.356. The third-order valence-electron chi connectivity index (χ3n) is 6.14. The van der Waals surface area contributed by atoms with E-state index in [9.17, 15) is 18.0 Å². The van der Waals surface area contributed by atoms with Gasteiger partial charge in [0.25, 0.3) is 10.0 Å². The van der Waals surface area contributed by atoms with Crippen LogP contribution in [-0.4, -0.2) is 49.9 Å². The SMILES string of the molecule is CCOc1ccccc1N(CC(=O)N(Cc1cccc(C)c1)[C@H](C)C(=O)NC(C)(C)C)S(=O)(=O)c1ccccc1. The van der Waals surface area contributed by atoms with E-state index in [0.29, 0.717) is 12.4 Å². The summed E-state index contributed by atoms with van der Waals surface area (Å²) in [6.45, 7) is 10.9. The van der Waals surface area contributed by atoms with Gasteiger partial charge in [-0.25, -0.2) is 8.42 Å². The molecule has 8 nitrogen and oxygen atoms in total. The first kappa shape index (κ1) is 30.7. The maximum atomic E-state index is 14.1. The Hall–Kier alpha value is -3.85. The number of carbonyl (C=O) groups excluding carboxylic acids is 2. The van der Waals surface area contributed by atoms with E-state index < -0.39 is 34.1 Å². The van der Waals surface area contributed by atoms with Crippen molar-refractivity contribution >= 4 is 27.5 Å². The molecule has 40 heavy (non-hydrogen) atoms. The maximum Gasteiger partial charge on any atom is 0.264 e. The highest BCUT2D eigenvalue weighted by Gasteiger charge is 2.34. The second-order valence-electron chi connectivity index (χ2n) is 10.7. The first-order chi connectivity index (χ1) is 18.8. The molecular formula is C31H39N3O5S. The van der Waals surface area contributed by atoms with Crippen LogP contribution < -0.4 is 14.4 Å². The van der Waals surface area contributed by atoms with Crippen molar-refractivity contribution in [3.8, 4) is 5.75 Å². The summed E-state index contributed by atoms with van der Waals surface area (Å²) in [7, 11) is -4.17. The molecule has 0 fully saturated rings. The summed E-state index contributed by atoms with van der Waals surface area (Å²) in [6.07, 6.45) is 0. The number of anilines is 1. The van der Waals surface area contributed by atoms with E-state index in [2.05, 4.69) is 5.32 Å². The highest BCUT2D eigenvalue weighted by Crippen LogP contribution is 2.33. The number of benzene rings is 3.